The Morgan fingerprint density at radius 2 is 1.78 bits per heavy atom. The second-order valence-electron chi connectivity index (χ2n) is 5.26. The maximum absolute atomic E-state index is 12.2. The Labute approximate surface area is 108 Å². The van der Waals surface area contributed by atoms with Crippen molar-refractivity contribution in [2.75, 3.05) is 6.54 Å². The van der Waals surface area contributed by atoms with Crippen molar-refractivity contribution < 1.29 is 9.90 Å². The SMILES string of the molecule is NCC1CCC(C(=O)Cc2ccc(O)cc2)CC1. The molecule has 0 radical (unpaired) electrons. The van der Waals surface area contributed by atoms with Gasteiger partial charge in [0.05, 0.1) is 0 Å². The van der Waals surface area contributed by atoms with Crippen molar-refractivity contribution in [1.82, 2.24) is 0 Å². The maximum Gasteiger partial charge on any atom is 0.140 e. The average Bonchev–Trinajstić information content (AvgIpc) is 2.41. The number of carbonyl (C=O) groups is 1. The standard InChI is InChI=1S/C15H21NO2/c16-10-12-1-5-13(6-2-12)15(18)9-11-3-7-14(17)8-4-11/h3-4,7-8,12-13,17H,1-2,5-6,9-10,16H2. The van der Waals surface area contributed by atoms with E-state index in [0.29, 0.717) is 18.1 Å². The van der Waals surface area contributed by atoms with Gasteiger partial charge in [0.25, 0.3) is 0 Å². The van der Waals surface area contributed by atoms with E-state index in [1.54, 1.807) is 12.1 Å². The van der Waals surface area contributed by atoms with Gasteiger partial charge in [-0.1, -0.05) is 12.1 Å². The van der Waals surface area contributed by atoms with Crippen LogP contribution in [0.3, 0.4) is 0 Å². The summed E-state index contributed by atoms with van der Waals surface area (Å²) >= 11 is 0. The van der Waals surface area contributed by atoms with Gasteiger partial charge < -0.3 is 10.8 Å². The average molecular weight is 247 g/mol. The summed E-state index contributed by atoms with van der Waals surface area (Å²) in [5.74, 6) is 1.40. The number of hydrogen-bond acceptors (Lipinski definition) is 3. The first kappa shape index (κ1) is 13.1. The summed E-state index contributed by atoms with van der Waals surface area (Å²) in [6.45, 7) is 0.749. The number of ketones is 1. The normalized spacial score (nSPS) is 23.8. The monoisotopic (exact) mass is 247 g/mol. The minimum atomic E-state index is 0.210. The molecule has 0 bridgehead atoms. The van der Waals surface area contributed by atoms with Crippen LogP contribution in [-0.2, 0) is 11.2 Å². The lowest BCUT2D eigenvalue weighted by molar-refractivity contribution is -0.123. The molecule has 3 nitrogen and oxygen atoms in total. The van der Waals surface area contributed by atoms with E-state index in [1.165, 1.54) is 0 Å². The van der Waals surface area contributed by atoms with E-state index in [1.807, 2.05) is 12.1 Å². The Kier molecular flexibility index (Phi) is 4.37. The van der Waals surface area contributed by atoms with Crippen molar-refractivity contribution in [3.8, 4) is 5.75 Å². The minimum Gasteiger partial charge on any atom is -0.508 e. The largest absolute Gasteiger partial charge is 0.508 e. The number of rotatable bonds is 4. The molecule has 0 amide bonds. The van der Waals surface area contributed by atoms with E-state index in [9.17, 15) is 9.90 Å². The number of phenols is 1. The second-order valence-corrected chi connectivity index (χ2v) is 5.26. The van der Waals surface area contributed by atoms with Gasteiger partial charge in [-0.2, -0.15) is 0 Å². The molecule has 0 heterocycles. The van der Waals surface area contributed by atoms with Gasteiger partial charge in [-0.3, -0.25) is 4.79 Å². The van der Waals surface area contributed by atoms with Crippen LogP contribution in [0.2, 0.25) is 0 Å². The van der Waals surface area contributed by atoms with E-state index >= 15 is 0 Å². The third-order valence-corrected chi connectivity index (χ3v) is 3.95. The zero-order valence-electron chi connectivity index (χ0n) is 10.6. The van der Waals surface area contributed by atoms with Crippen molar-refractivity contribution >= 4 is 5.78 Å². The van der Waals surface area contributed by atoms with E-state index < -0.39 is 0 Å². The first-order valence-corrected chi connectivity index (χ1v) is 6.69. The van der Waals surface area contributed by atoms with E-state index in [-0.39, 0.29) is 11.7 Å². The van der Waals surface area contributed by atoms with Crippen molar-refractivity contribution in [1.29, 1.82) is 0 Å². The quantitative estimate of drug-likeness (QED) is 0.858. The van der Waals surface area contributed by atoms with E-state index in [2.05, 4.69) is 0 Å². The number of aromatic hydroxyl groups is 1. The summed E-state index contributed by atoms with van der Waals surface area (Å²) in [6, 6.07) is 6.90. The smallest absolute Gasteiger partial charge is 0.140 e. The van der Waals surface area contributed by atoms with Crippen molar-refractivity contribution in [3.63, 3.8) is 0 Å². The lowest BCUT2D eigenvalue weighted by Gasteiger charge is -2.26. The van der Waals surface area contributed by atoms with Crippen LogP contribution in [-0.4, -0.2) is 17.4 Å². The van der Waals surface area contributed by atoms with Crippen LogP contribution in [0.1, 0.15) is 31.2 Å². The van der Waals surface area contributed by atoms with Crippen LogP contribution in [0.15, 0.2) is 24.3 Å². The van der Waals surface area contributed by atoms with Crippen molar-refractivity contribution in [2.45, 2.75) is 32.1 Å². The maximum atomic E-state index is 12.2. The first-order valence-electron chi connectivity index (χ1n) is 6.69. The number of hydrogen-bond donors (Lipinski definition) is 2. The molecular formula is C15H21NO2. The highest BCUT2D eigenvalue weighted by Gasteiger charge is 2.25. The fraction of sp³-hybridized carbons (Fsp3) is 0.533. The van der Waals surface area contributed by atoms with Crippen LogP contribution in [0.4, 0.5) is 0 Å². The first-order chi connectivity index (χ1) is 8.69. The zero-order chi connectivity index (χ0) is 13.0. The molecule has 0 atom stereocenters. The summed E-state index contributed by atoms with van der Waals surface area (Å²) in [5.41, 5.74) is 6.64. The molecule has 0 aromatic heterocycles. The summed E-state index contributed by atoms with van der Waals surface area (Å²) in [4.78, 5) is 12.2. The molecule has 1 aliphatic carbocycles. The number of phenolic OH excluding ortho intramolecular Hbond substituents is 1. The molecule has 0 aliphatic heterocycles. The molecule has 0 saturated heterocycles. The molecule has 1 aromatic carbocycles. The van der Waals surface area contributed by atoms with Gasteiger partial charge in [0.1, 0.15) is 11.5 Å². The van der Waals surface area contributed by atoms with Crippen molar-refractivity contribution in [3.05, 3.63) is 29.8 Å². The fourth-order valence-electron chi connectivity index (χ4n) is 2.68. The predicted molar refractivity (Wildman–Crippen MR) is 71.3 cm³/mol. The van der Waals surface area contributed by atoms with Gasteiger partial charge in [-0.05, 0) is 55.8 Å². The number of Topliss-reactive ketones (excluding diaryl/α,β-unsaturated/α-hetero) is 1. The molecule has 3 heteroatoms. The molecule has 2 rings (SSSR count). The van der Waals surface area contributed by atoms with E-state index in [4.69, 9.17) is 5.73 Å². The highest BCUT2D eigenvalue weighted by molar-refractivity contribution is 5.83. The van der Waals surface area contributed by atoms with Crippen LogP contribution >= 0.6 is 0 Å². The Bertz CT molecular complexity index is 391. The highest BCUT2D eigenvalue weighted by atomic mass is 16.3. The second kappa shape index (κ2) is 6.01. The number of carbonyl (C=O) groups excluding carboxylic acids is 1. The molecule has 1 saturated carbocycles. The third-order valence-electron chi connectivity index (χ3n) is 3.95. The molecule has 1 aliphatic rings. The Balaban J connectivity index is 1.87. The van der Waals surface area contributed by atoms with Crippen LogP contribution in [0.5, 0.6) is 5.75 Å². The summed E-state index contributed by atoms with van der Waals surface area (Å²) in [6.07, 6.45) is 4.63. The molecule has 0 spiro atoms. The van der Waals surface area contributed by atoms with Gasteiger partial charge in [-0.15, -0.1) is 0 Å². The van der Waals surface area contributed by atoms with Gasteiger partial charge >= 0.3 is 0 Å². The highest BCUT2D eigenvalue weighted by Crippen LogP contribution is 2.29. The molecule has 18 heavy (non-hydrogen) atoms. The van der Waals surface area contributed by atoms with Crippen LogP contribution in [0.25, 0.3) is 0 Å². The lowest BCUT2D eigenvalue weighted by atomic mass is 9.79. The van der Waals surface area contributed by atoms with Gasteiger partial charge in [0, 0.05) is 12.3 Å². The fourth-order valence-corrected chi connectivity index (χ4v) is 2.68. The molecule has 1 fully saturated rings. The zero-order valence-corrected chi connectivity index (χ0v) is 10.6. The molecule has 1 aromatic rings. The van der Waals surface area contributed by atoms with Crippen LogP contribution in [0, 0.1) is 11.8 Å². The van der Waals surface area contributed by atoms with Gasteiger partial charge in [-0.25, -0.2) is 0 Å². The van der Waals surface area contributed by atoms with Crippen LogP contribution < -0.4 is 5.73 Å². The molecule has 3 N–H and O–H groups in total. The molecule has 0 unspecified atom stereocenters. The third kappa shape index (κ3) is 3.33. The topological polar surface area (TPSA) is 63.3 Å². The molecular weight excluding hydrogens is 226 g/mol. The predicted octanol–water partition coefficient (Wildman–Crippen LogP) is 2.27. The number of benzene rings is 1. The summed E-state index contributed by atoms with van der Waals surface area (Å²) in [5, 5.41) is 9.20. The van der Waals surface area contributed by atoms with Crippen molar-refractivity contribution in [2.24, 2.45) is 17.6 Å². The summed E-state index contributed by atoms with van der Waals surface area (Å²) < 4.78 is 0. The lowest BCUT2D eigenvalue weighted by Crippen LogP contribution is -2.26. The van der Waals surface area contributed by atoms with Gasteiger partial charge in [0.2, 0.25) is 0 Å². The molecule has 98 valence electrons. The minimum absolute atomic E-state index is 0.210. The van der Waals surface area contributed by atoms with Gasteiger partial charge in [0.15, 0.2) is 0 Å². The number of nitrogens with two attached hydrogens (primary N) is 1. The Morgan fingerprint density at radius 3 is 2.33 bits per heavy atom. The Hall–Kier alpha value is -1.35. The Morgan fingerprint density at radius 1 is 1.17 bits per heavy atom. The van der Waals surface area contributed by atoms with E-state index in [0.717, 1.165) is 37.8 Å². The summed E-state index contributed by atoms with van der Waals surface area (Å²) in [7, 11) is 0.